The summed E-state index contributed by atoms with van der Waals surface area (Å²) in [7, 11) is 0. The Bertz CT molecular complexity index is 769. The number of hydrogen-bond donors (Lipinski definition) is 0. The molecule has 122 valence electrons. The predicted molar refractivity (Wildman–Crippen MR) is 96.7 cm³/mol. The maximum atomic E-state index is 4.46. The van der Waals surface area contributed by atoms with E-state index in [0.717, 1.165) is 31.0 Å². The van der Waals surface area contributed by atoms with Crippen molar-refractivity contribution in [3.8, 4) is 0 Å². The van der Waals surface area contributed by atoms with Gasteiger partial charge in [0.15, 0.2) is 0 Å². The minimum absolute atomic E-state index is 0.764. The van der Waals surface area contributed by atoms with Gasteiger partial charge in [-0.05, 0) is 36.1 Å². The average molecular weight is 318 g/mol. The zero-order chi connectivity index (χ0) is 16.8. The largest absolute Gasteiger partial charge is 0.348 e. The van der Waals surface area contributed by atoms with E-state index in [1.54, 1.807) is 12.5 Å². The van der Waals surface area contributed by atoms with E-state index >= 15 is 0 Å². The van der Waals surface area contributed by atoms with Crippen LogP contribution >= 0.6 is 0 Å². The first-order chi connectivity index (χ1) is 11.7. The third-order valence-corrected chi connectivity index (χ3v) is 4.01. The molecule has 0 saturated carbocycles. The number of anilines is 1. The van der Waals surface area contributed by atoms with Crippen LogP contribution in [0.5, 0.6) is 0 Å². The maximum absolute atomic E-state index is 4.46. The topological polar surface area (TPSA) is 41.9 Å². The van der Waals surface area contributed by atoms with Crippen LogP contribution in [0.1, 0.15) is 29.3 Å². The molecule has 0 aliphatic carbocycles. The fourth-order valence-corrected chi connectivity index (χ4v) is 2.64. The van der Waals surface area contributed by atoms with Gasteiger partial charge >= 0.3 is 0 Å². The second-order valence-electron chi connectivity index (χ2n) is 5.90. The first-order valence-electron chi connectivity index (χ1n) is 8.25. The molecule has 1 aromatic carbocycles. The van der Waals surface area contributed by atoms with E-state index in [-0.39, 0.29) is 0 Å². The van der Waals surface area contributed by atoms with Crippen molar-refractivity contribution in [2.24, 2.45) is 0 Å². The normalized spacial score (nSPS) is 10.6. The smallest absolute Gasteiger partial charge is 0.132 e. The van der Waals surface area contributed by atoms with Crippen LogP contribution in [0.3, 0.4) is 0 Å². The molecule has 0 unspecified atom stereocenters. The molecule has 0 bridgehead atoms. The van der Waals surface area contributed by atoms with Gasteiger partial charge in [0.2, 0.25) is 0 Å². The fourth-order valence-electron chi connectivity index (χ4n) is 2.64. The highest BCUT2D eigenvalue weighted by Gasteiger charge is 2.11. The Morgan fingerprint density at radius 3 is 2.33 bits per heavy atom. The first-order valence-corrected chi connectivity index (χ1v) is 8.25. The second kappa shape index (κ2) is 7.68. The van der Waals surface area contributed by atoms with Crippen molar-refractivity contribution < 1.29 is 0 Å². The van der Waals surface area contributed by atoms with Crippen molar-refractivity contribution in [3.05, 3.63) is 83.6 Å². The van der Waals surface area contributed by atoms with E-state index < -0.39 is 0 Å². The number of aromatic nitrogens is 3. The van der Waals surface area contributed by atoms with E-state index in [2.05, 4.69) is 57.1 Å². The van der Waals surface area contributed by atoms with Gasteiger partial charge in [-0.2, -0.15) is 0 Å². The summed E-state index contributed by atoms with van der Waals surface area (Å²) >= 11 is 0. The average Bonchev–Trinajstić information content (AvgIpc) is 2.63. The van der Waals surface area contributed by atoms with Crippen molar-refractivity contribution in [2.45, 2.75) is 33.4 Å². The number of hydrogen-bond acceptors (Lipinski definition) is 4. The lowest BCUT2D eigenvalue weighted by Crippen LogP contribution is -2.23. The zero-order valence-corrected chi connectivity index (χ0v) is 14.2. The van der Waals surface area contributed by atoms with E-state index in [4.69, 9.17) is 0 Å². The number of benzene rings is 1. The maximum Gasteiger partial charge on any atom is 0.132 e. The molecule has 4 heteroatoms. The third-order valence-electron chi connectivity index (χ3n) is 4.01. The van der Waals surface area contributed by atoms with Crippen LogP contribution in [-0.2, 0) is 19.5 Å². The van der Waals surface area contributed by atoms with E-state index in [1.807, 2.05) is 25.3 Å². The van der Waals surface area contributed by atoms with Gasteiger partial charge in [-0.25, -0.2) is 9.97 Å². The molecule has 3 aromatic rings. The summed E-state index contributed by atoms with van der Waals surface area (Å²) in [5.74, 6) is 0.936. The monoisotopic (exact) mass is 318 g/mol. The molecule has 0 fully saturated rings. The van der Waals surface area contributed by atoms with E-state index in [0.29, 0.717) is 0 Å². The molecule has 0 spiro atoms. The lowest BCUT2D eigenvalue weighted by atomic mass is 10.1. The van der Waals surface area contributed by atoms with Crippen molar-refractivity contribution in [1.29, 1.82) is 0 Å². The number of pyridine rings is 1. The van der Waals surface area contributed by atoms with Gasteiger partial charge in [0.1, 0.15) is 12.1 Å². The molecular weight excluding hydrogens is 296 g/mol. The lowest BCUT2D eigenvalue weighted by Gasteiger charge is -2.24. The Labute approximate surface area is 143 Å². The highest BCUT2D eigenvalue weighted by molar-refractivity contribution is 5.41. The number of aryl methyl sites for hydroxylation is 2. The third kappa shape index (κ3) is 4.16. The minimum atomic E-state index is 0.764. The molecule has 2 aromatic heterocycles. The molecule has 0 aliphatic rings. The summed E-state index contributed by atoms with van der Waals surface area (Å²) in [5.41, 5.74) is 4.76. The highest BCUT2D eigenvalue weighted by Crippen LogP contribution is 2.18. The number of nitrogens with zero attached hydrogens (tertiary/aromatic N) is 4. The summed E-state index contributed by atoms with van der Waals surface area (Å²) < 4.78 is 0. The summed E-state index contributed by atoms with van der Waals surface area (Å²) in [6.45, 7) is 5.73. The van der Waals surface area contributed by atoms with Crippen molar-refractivity contribution in [1.82, 2.24) is 15.0 Å². The van der Waals surface area contributed by atoms with E-state index in [9.17, 15) is 0 Å². The number of rotatable bonds is 6. The Kier molecular flexibility index (Phi) is 5.16. The Hall–Kier alpha value is -2.75. The molecular formula is C20H22N4. The minimum Gasteiger partial charge on any atom is -0.348 e. The Morgan fingerprint density at radius 2 is 1.67 bits per heavy atom. The molecule has 0 N–H and O–H groups in total. The second-order valence-corrected chi connectivity index (χ2v) is 5.90. The van der Waals surface area contributed by atoms with E-state index in [1.165, 1.54) is 16.7 Å². The predicted octanol–water partition coefficient (Wildman–Crippen LogP) is 3.95. The van der Waals surface area contributed by atoms with Crippen LogP contribution < -0.4 is 4.90 Å². The molecule has 3 rings (SSSR count). The fraction of sp³-hybridized carbons (Fsp3) is 0.250. The summed E-state index contributed by atoms with van der Waals surface area (Å²) in [6, 6.07) is 14.9. The highest BCUT2D eigenvalue weighted by atomic mass is 15.2. The molecule has 0 saturated heterocycles. The molecule has 0 radical (unpaired) electrons. The van der Waals surface area contributed by atoms with Gasteiger partial charge in [-0.15, -0.1) is 0 Å². The van der Waals surface area contributed by atoms with Gasteiger partial charge in [0.05, 0.1) is 0 Å². The van der Waals surface area contributed by atoms with Crippen LogP contribution in [-0.4, -0.2) is 15.0 Å². The quantitative estimate of drug-likeness (QED) is 0.690. The van der Waals surface area contributed by atoms with Gasteiger partial charge < -0.3 is 4.90 Å². The van der Waals surface area contributed by atoms with Crippen molar-refractivity contribution in [3.63, 3.8) is 0 Å². The van der Waals surface area contributed by atoms with Gasteiger partial charge in [0.25, 0.3) is 0 Å². The molecule has 4 nitrogen and oxygen atoms in total. The summed E-state index contributed by atoms with van der Waals surface area (Å²) in [5, 5.41) is 0. The Morgan fingerprint density at radius 1 is 0.917 bits per heavy atom. The van der Waals surface area contributed by atoms with Crippen molar-refractivity contribution >= 4 is 5.82 Å². The summed E-state index contributed by atoms with van der Waals surface area (Å²) in [6.07, 6.45) is 6.39. The SMILES string of the molecule is CCc1ccc(CN(Cc2cccnc2)c2cc(C)ncn2)cc1. The lowest BCUT2D eigenvalue weighted by molar-refractivity contribution is 0.775. The molecule has 24 heavy (non-hydrogen) atoms. The van der Waals surface area contributed by atoms with Gasteiger partial charge in [0, 0.05) is 37.2 Å². The first kappa shape index (κ1) is 16.1. The van der Waals surface area contributed by atoms with Gasteiger partial charge in [-0.3, -0.25) is 4.98 Å². The Balaban J connectivity index is 1.86. The zero-order valence-electron chi connectivity index (χ0n) is 14.2. The van der Waals surface area contributed by atoms with Crippen molar-refractivity contribution in [2.75, 3.05) is 4.90 Å². The van der Waals surface area contributed by atoms with Crippen LogP contribution in [0.15, 0.2) is 61.2 Å². The van der Waals surface area contributed by atoms with Gasteiger partial charge in [-0.1, -0.05) is 37.3 Å². The van der Waals surface area contributed by atoms with Crippen LogP contribution in [0.2, 0.25) is 0 Å². The molecule has 2 heterocycles. The molecule has 0 aliphatic heterocycles. The molecule has 0 atom stereocenters. The van der Waals surface area contributed by atoms with Crippen LogP contribution in [0.25, 0.3) is 0 Å². The van der Waals surface area contributed by atoms with Crippen LogP contribution in [0.4, 0.5) is 5.82 Å². The molecule has 0 amide bonds. The van der Waals surface area contributed by atoms with Crippen LogP contribution in [0, 0.1) is 6.92 Å². The standard InChI is InChI=1S/C20H22N4/c1-3-17-6-8-18(9-7-17)13-24(14-19-5-4-10-21-12-19)20-11-16(2)22-15-23-20/h4-12,15H,3,13-14H2,1-2H3. The summed E-state index contributed by atoms with van der Waals surface area (Å²) in [4.78, 5) is 15.1.